The number of carbonyl (C=O) groups is 3. The highest BCUT2D eigenvalue weighted by Crippen LogP contribution is 2.26. The van der Waals surface area contributed by atoms with Crippen LogP contribution in [-0.2, 0) is 19.1 Å². The van der Waals surface area contributed by atoms with Crippen molar-refractivity contribution in [3.05, 3.63) is 28.2 Å². The number of anilines is 1. The van der Waals surface area contributed by atoms with Gasteiger partial charge in [0.05, 0.1) is 21.9 Å². The summed E-state index contributed by atoms with van der Waals surface area (Å²) in [7, 11) is 0. The smallest absolute Gasteiger partial charge is 0.329 e. The van der Waals surface area contributed by atoms with E-state index in [2.05, 4.69) is 10.6 Å². The van der Waals surface area contributed by atoms with Gasteiger partial charge in [0, 0.05) is 17.9 Å². The molecule has 1 aromatic carbocycles. The molecule has 24 heavy (non-hydrogen) atoms. The molecule has 6 nitrogen and oxygen atoms in total. The molecule has 1 fully saturated rings. The fraction of sp³-hybridized carbons (Fsp3) is 0.400. The van der Waals surface area contributed by atoms with Crippen LogP contribution in [0, 0.1) is 0 Å². The maximum atomic E-state index is 12.1. The average Bonchev–Trinajstić information content (AvgIpc) is 2.53. The van der Waals surface area contributed by atoms with E-state index in [1.165, 1.54) is 17.8 Å². The fourth-order valence-electron chi connectivity index (χ4n) is 2.07. The van der Waals surface area contributed by atoms with Gasteiger partial charge in [-0.3, -0.25) is 9.59 Å². The van der Waals surface area contributed by atoms with Crippen molar-refractivity contribution in [2.75, 3.05) is 17.7 Å². The predicted molar refractivity (Wildman–Crippen MR) is 94.5 cm³/mol. The first kappa shape index (κ1) is 18.9. The summed E-state index contributed by atoms with van der Waals surface area (Å²) in [6.07, 6.45) is -0.00765. The van der Waals surface area contributed by atoms with Crippen LogP contribution in [0.1, 0.15) is 13.3 Å². The largest absolute Gasteiger partial charge is 0.464 e. The van der Waals surface area contributed by atoms with Gasteiger partial charge in [0.2, 0.25) is 11.8 Å². The molecule has 0 radical (unpaired) electrons. The van der Waals surface area contributed by atoms with Crippen molar-refractivity contribution < 1.29 is 19.1 Å². The van der Waals surface area contributed by atoms with Crippen LogP contribution in [0.3, 0.4) is 0 Å². The molecule has 9 heteroatoms. The van der Waals surface area contributed by atoms with E-state index in [0.717, 1.165) is 0 Å². The minimum atomic E-state index is -0.670. The highest BCUT2D eigenvalue weighted by molar-refractivity contribution is 8.00. The van der Waals surface area contributed by atoms with Crippen LogP contribution < -0.4 is 10.6 Å². The number of thioether (sulfide) groups is 1. The monoisotopic (exact) mass is 390 g/mol. The number of benzene rings is 1. The first-order valence-corrected chi connectivity index (χ1v) is 9.04. The van der Waals surface area contributed by atoms with Crippen molar-refractivity contribution >= 4 is 58.4 Å². The first-order chi connectivity index (χ1) is 11.4. The van der Waals surface area contributed by atoms with Crippen molar-refractivity contribution in [1.82, 2.24) is 5.32 Å². The van der Waals surface area contributed by atoms with Gasteiger partial charge in [-0.15, -0.1) is 11.8 Å². The van der Waals surface area contributed by atoms with Crippen molar-refractivity contribution in [3.63, 3.8) is 0 Å². The van der Waals surface area contributed by atoms with Crippen LogP contribution in [0.4, 0.5) is 5.69 Å². The van der Waals surface area contributed by atoms with E-state index in [9.17, 15) is 14.4 Å². The molecule has 1 saturated heterocycles. The summed E-state index contributed by atoms with van der Waals surface area (Å²) in [6, 6.07) is 4.06. The van der Waals surface area contributed by atoms with Crippen molar-refractivity contribution in [2.24, 2.45) is 0 Å². The Kier molecular flexibility index (Phi) is 6.77. The van der Waals surface area contributed by atoms with Crippen molar-refractivity contribution in [3.8, 4) is 0 Å². The van der Waals surface area contributed by atoms with Gasteiger partial charge in [0.15, 0.2) is 0 Å². The molecular weight excluding hydrogens is 375 g/mol. The van der Waals surface area contributed by atoms with Gasteiger partial charge in [-0.05, 0) is 25.1 Å². The molecule has 2 atom stereocenters. The first-order valence-electron chi connectivity index (χ1n) is 7.24. The molecule has 1 aliphatic rings. The van der Waals surface area contributed by atoms with Gasteiger partial charge in [0.25, 0.3) is 0 Å². The maximum Gasteiger partial charge on any atom is 0.329 e. The van der Waals surface area contributed by atoms with Crippen molar-refractivity contribution in [1.29, 1.82) is 0 Å². The molecule has 0 bridgehead atoms. The average molecular weight is 391 g/mol. The molecule has 2 N–H and O–H groups in total. The zero-order valence-electron chi connectivity index (χ0n) is 12.8. The second-order valence-electron chi connectivity index (χ2n) is 5.02. The predicted octanol–water partition coefficient (Wildman–Crippen LogP) is 2.49. The highest BCUT2D eigenvalue weighted by Gasteiger charge is 2.34. The number of halogens is 2. The molecule has 0 aromatic heterocycles. The maximum absolute atomic E-state index is 12.1. The SMILES string of the molecule is CCOC(=O)[C@@H]1CS[C@@H](CC(=O)Nc2ccc(Cl)c(Cl)c2)C(=O)N1. The Morgan fingerprint density at radius 1 is 1.38 bits per heavy atom. The molecule has 2 amide bonds. The van der Waals surface area contributed by atoms with E-state index in [0.29, 0.717) is 21.5 Å². The second-order valence-corrected chi connectivity index (χ2v) is 7.07. The van der Waals surface area contributed by atoms with Crippen LogP contribution in [0.5, 0.6) is 0 Å². The summed E-state index contributed by atoms with van der Waals surface area (Å²) in [5.41, 5.74) is 0.500. The molecule has 0 spiro atoms. The second kappa shape index (κ2) is 8.60. The Morgan fingerprint density at radius 2 is 2.12 bits per heavy atom. The third-order valence-electron chi connectivity index (χ3n) is 3.22. The Bertz CT molecular complexity index is 656. The lowest BCUT2D eigenvalue weighted by Crippen LogP contribution is -2.51. The number of carbonyl (C=O) groups excluding carboxylic acids is 3. The molecule has 1 aromatic rings. The lowest BCUT2D eigenvalue weighted by atomic mass is 10.2. The van der Waals surface area contributed by atoms with E-state index in [1.54, 1.807) is 19.1 Å². The number of hydrogen-bond donors (Lipinski definition) is 2. The van der Waals surface area contributed by atoms with Crippen LogP contribution in [0.15, 0.2) is 18.2 Å². The quantitative estimate of drug-likeness (QED) is 0.754. The Labute approximate surface area is 153 Å². The van der Waals surface area contributed by atoms with Gasteiger partial charge in [-0.1, -0.05) is 23.2 Å². The van der Waals surface area contributed by atoms with E-state index in [4.69, 9.17) is 27.9 Å². The molecule has 130 valence electrons. The van der Waals surface area contributed by atoms with Gasteiger partial charge in [0.1, 0.15) is 6.04 Å². The van der Waals surface area contributed by atoms with Gasteiger partial charge < -0.3 is 15.4 Å². The number of nitrogens with one attached hydrogen (secondary N) is 2. The molecule has 2 rings (SSSR count). The third kappa shape index (κ3) is 5.03. The van der Waals surface area contributed by atoms with E-state index < -0.39 is 17.3 Å². The zero-order chi connectivity index (χ0) is 17.7. The lowest BCUT2D eigenvalue weighted by molar-refractivity contribution is -0.146. The number of rotatable bonds is 5. The van der Waals surface area contributed by atoms with Crippen LogP contribution >= 0.6 is 35.0 Å². The molecule has 0 aliphatic carbocycles. The summed E-state index contributed by atoms with van der Waals surface area (Å²) in [4.78, 5) is 35.7. The summed E-state index contributed by atoms with van der Waals surface area (Å²) >= 11 is 13.0. The number of ether oxygens (including phenoxy) is 1. The minimum Gasteiger partial charge on any atom is -0.464 e. The number of esters is 1. The Morgan fingerprint density at radius 3 is 2.75 bits per heavy atom. The summed E-state index contributed by atoms with van der Waals surface area (Å²) < 4.78 is 4.88. The fourth-order valence-corrected chi connectivity index (χ4v) is 3.50. The number of hydrogen-bond acceptors (Lipinski definition) is 5. The molecule has 0 saturated carbocycles. The van der Waals surface area contributed by atoms with E-state index >= 15 is 0 Å². The molecule has 1 heterocycles. The minimum absolute atomic E-state index is 0.00765. The normalized spacial score (nSPS) is 20.2. The molecule has 1 aliphatic heterocycles. The number of amides is 2. The topological polar surface area (TPSA) is 84.5 Å². The highest BCUT2D eigenvalue weighted by atomic mass is 35.5. The van der Waals surface area contributed by atoms with Crippen LogP contribution in [0.2, 0.25) is 10.0 Å². The zero-order valence-corrected chi connectivity index (χ0v) is 15.1. The van der Waals surface area contributed by atoms with E-state index in [-0.39, 0.29) is 24.8 Å². The molecule has 0 unspecified atom stereocenters. The Balaban J connectivity index is 1.87. The standard InChI is InChI=1S/C15H16Cl2N2O4S/c1-2-23-15(22)11-7-24-12(14(21)19-11)6-13(20)18-8-3-4-9(16)10(17)5-8/h3-5,11-12H,2,6-7H2,1H3,(H,18,20)(H,19,21)/t11-,12-/m0/s1. The summed E-state index contributed by atoms with van der Waals surface area (Å²) in [6.45, 7) is 1.96. The third-order valence-corrected chi connectivity index (χ3v) is 5.27. The lowest BCUT2D eigenvalue weighted by Gasteiger charge is -2.27. The van der Waals surface area contributed by atoms with Gasteiger partial charge in [-0.2, -0.15) is 0 Å². The summed E-state index contributed by atoms with van der Waals surface area (Å²) in [5, 5.41) is 5.41. The van der Waals surface area contributed by atoms with Gasteiger partial charge >= 0.3 is 5.97 Å². The van der Waals surface area contributed by atoms with Crippen molar-refractivity contribution in [2.45, 2.75) is 24.6 Å². The van der Waals surface area contributed by atoms with Crippen LogP contribution in [-0.4, -0.2) is 41.4 Å². The van der Waals surface area contributed by atoms with E-state index in [1.807, 2.05) is 0 Å². The van der Waals surface area contributed by atoms with Gasteiger partial charge in [-0.25, -0.2) is 4.79 Å². The van der Waals surface area contributed by atoms with Crippen LogP contribution in [0.25, 0.3) is 0 Å². The Hall–Kier alpha value is -1.44. The summed E-state index contributed by atoms with van der Waals surface area (Å²) in [5.74, 6) is -0.767. The molecular formula is C15H16Cl2N2O4S.